The van der Waals surface area contributed by atoms with Gasteiger partial charge in [0.2, 0.25) is 5.91 Å². The van der Waals surface area contributed by atoms with Crippen LogP contribution >= 0.6 is 11.6 Å². The van der Waals surface area contributed by atoms with Gasteiger partial charge in [-0.15, -0.1) is 0 Å². The second-order valence-corrected chi connectivity index (χ2v) is 8.04. The predicted octanol–water partition coefficient (Wildman–Crippen LogP) is 3.43. The van der Waals surface area contributed by atoms with Gasteiger partial charge in [0.1, 0.15) is 0 Å². The topological polar surface area (TPSA) is 93.0 Å². The lowest BCUT2D eigenvalue weighted by atomic mass is 10.1. The molecule has 0 aliphatic carbocycles. The van der Waals surface area contributed by atoms with Crippen molar-refractivity contribution in [2.45, 2.75) is 34.1 Å². The molecule has 1 N–H and O–H groups in total. The Labute approximate surface area is 186 Å². The highest BCUT2D eigenvalue weighted by Crippen LogP contribution is 2.24. The monoisotopic (exact) mass is 440 g/mol. The number of benzene rings is 1. The van der Waals surface area contributed by atoms with Gasteiger partial charge < -0.3 is 10.2 Å². The number of nitrogens with zero attached hydrogens (tertiary/aromatic N) is 5. The largest absolute Gasteiger partial charge is 0.345 e. The fraction of sp³-hybridized carbons (Fsp3) is 0.318. The van der Waals surface area contributed by atoms with E-state index in [-0.39, 0.29) is 18.2 Å². The van der Waals surface area contributed by atoms with E-state index in [1.54, 1.807) is 37.0 Å². The van der Waals surface area contributed by atoms with Crippen LogP contribution in [0.2, 0.25) is 5.02 Å². The molecule has 2 aromatic heterocycles. The maximum Gasteiger partial charge on any atom is 0.253 e. The van der Waals surface area contributed by atoms with Crippen LogP contribution in [-0.4, -0.2) is 50.6 Å². The smallest absolute Gasteiger partial charge is 0.253 e. The average Bonchev–Trinajstić information content (AvgIpc) is 2.96. The minimum Gasteiger partial charge on any atom is -0.345 e. The van der Waals surface area contributed by atoms with E-state index in [9.17, 15) is 9.59 Å². The lowest BCUT2D eigenvalue weighted by Gasteiger charge is -2.13. The first-order chi connectivity index (χ1) is 14.6. The minimum absolute atomic E-state index is 0.102. The van der Waals surface area contributed by atoms with Gasteiger partial charge in [-0.25, -0.2) is 14.6 Å². The van der Waals surface area contributed by atoms with E-state index in [1.807, 2.05) is 33.8 Å². The van der Waals surface area contributed by atoms with Gasteiger partial charge in [-0.1, -0.05) is 11.6 Å². The van der Waals surface area contributed by atoms with Crippen molar-refractivity contribution in [2.75, 3.05) is 19.4 Å². The van der Waals surface area contributed by atoms with Gasteiger partial charge in [-0.3, -0.25) is 9.59 Å². The zero-order valence-corrected chi connectivity index (χ0v) is 19.2. The molecule has 0 aliphatic rings. The molecule has 0 atom stereocenters. The number of amides is 2. The quantitative estimate of drug-likeness (QED) is 0.656. The lowest BCUT2D eigenvalue weighted by molar-refractivity contribution is -0.115. The lowest BCUT2D eigenvalue weighted by Crippen LogP contribution is -2.22. The van der Waals surface area contributed by atoms with Gasteiger partial charge in [0.25, 0.3) is 11.9 Å². The minimum atomic E-state index is -0.261. The maximum absolute atomic E-state index is 12.8. The molecule has 0 spiro atoms. The van der Waals surface area contributed by atoms with Crippen molar-refractivity contribution in [3.8, 4) is 5.95 Å². The number of nitrogens with one attached hydrogen (secondary N) is 1. The Kier molecular flexibility index (Phi) is 6.40. The van der Waals surface area contributed by atoms with Crippen molar-refractivity contribution in [3.05, 3.63) is 63.2 Å². The molecule has 3 rings (SSSR count). The number of carbonyl (C=O) groups excluding carboxylic acids is 2. The van der Waals surface area contributed by atoms with Crippen molar-refractivity contribution in [1.29, 1.82) is 0 Å². The Hall–Kier alpha value is -3.26. The summed E-state index contributed by atoms with van der Waals surface area (Å²) in [5.74, 6) is 0.0414. The van der Waals surface area contributed by atoms with E-state index in [0.717, 1.165) is 28.3 Å². The Morgan fingerprint density at radius 2 is 1.71 bits per heavy atom. The van der Waals surface area contributed by atoms with E-state index in [4.69, 9.17) is 11.6 Å². The summed E-state index contributed by atoms with van der Waals surface area (Å²) in [4.78, 5) is 35.4. The van der Waals surface area contributed by atoms with E-state index in [0.29, 0.717) is 22.2 Å². The second-order valence-electron chi connectivity index (χ2n) is 7.63. The van der Waals surface area contributed by atoms with Gasteiger partial charge >= 0.3 is 0 Å². The van der Waals surface area contributed by atoms with E-state index >= 15 is 0 Å². The number of rotatable bonds is 5. The Balaban J connectivity index is 1.84. The van der Waals surface area contributed by atoms with Gasteiger partial charge in [-0.05, 0) is 52.0 Å². The first kappa shape index (κ1) is 22.4. The molecule has 1 aromatic carbocycles. The maximum atomic E-state index is 12.8. The molecule has 0 aliphatic heterocycles. The first-order valence-corrected chi connectivity index (χ1v) is 10.1. The zero-order chi connectivity index (χ0) is 22.9. The molecule has 0 saturated carbocycles. The molecule has 3 aromatic rings. The molecule has 8 nitrogen and oxygen atoms in total. The predicted molar refractivity (Wildman–Crippen MR) is 120 cm³/mol. The summed E-state index contributed by atoms with van der Waals surface area (Å²) >= 11 is 6.23. The molecule has 2 amide bonds. The molecule has 0 saturated heterocycles. The van der Waals surface area contributed by atoms with E-state index in [1.165, 1.54) is 4.90 Å². The van der Waals surface area contributed by atoms with Crippen molar-refractivity contribution >= 4 is 29.1 Å². The van der Waals surface area contributed by atoms with Crippen molar-refractivity contribution in [3.63, 3.8) is 0 Å². The van der Waals surface area contributed by atoms with Gasteiger partial charge in [0.05, 0.1) is 22.8 Å². The molecular formula is C22H25ClN6O2. The summed E-state index contributed by atoms with van der Waals surface area (Å²) in [6.45, 7) is 7.53. The number of hydrogen-bond acceptors (Lipinski definition) is 5. The van der Waals surface area contributed by atoms with Crippen LogP contribution < -0.4 is 5.32 Å². The van der Waals surface area contributed by atoms with Gasteiger partial charge in [0, 0.05) is 42.3 Å². The third-order valence-corrected chi connectivity index (χ3v) is 5.16. The molecule has 0 bridgehead atoms. The summed E-state index contributed by atoms with van der Waals surface area (Å²) < 4.78 is 1.65. The Bertz CT molecular complexity index is 1150. The van der Waals surface area contributed by atoms with Crippen LogP contribution in [0.25, 0.3) is 5.95 Å². The normalized spacial score (nSPS) is 10.8. The van der Waals surface area contributed by atoms with Crippen LogP contribution in [0, 0.1) is 27.7 Å². The molecular weight excluding hydrogens is 416 g/mol. The Morgan fingerprint density at radius 3 is 2.32 bits per heavy atom. The van der Waals surface area contributed by atoms with Crippen molar-refractivity contribution < 1.29 is 9.59 Å². The van der Waals surface area contributed by atoms with Crippen molar-refractivity contribution in [2.24, 2.45) is 0 Å². The second kappa shape index (κ2) is 8.85. The van der Waals surface area contributed by atoms with Gasteiger partial charge in [-0.2, -0.15) is 5.10 Å². The average molecular weight is 441 g/mol. The van der Waals surface area contributed by atoms with Crippen LogP contribution in [-0.2, 0) is 11.2 Å². The third kappa shape index (κ3) is 4.91. The SMILES string of the molecule is Cc1cc(C)nc(-n2nc(C)c(CC(=O)Nc3cc(C(=O)N(C)C)ccc3Cl)c2C)n1. The summed E-state index contributed by atoms with van der Waals surface area (Å²) in [5.41, 5.74) is 4.82. The van der Waals surface area contributed by atoms with Crippen LogP contribution in [0.4, 0.5) is 5.69 Å². The van der Waals surface area contributed by atoms with E-state index < -0.39 is 0 Å². The molecule has 2 heterocycles. The number of aromatic nitrogens is 4. The summed E-state index contributed by atoms with van der Waals surface area (Å²) in [5, 5.41) is 7.69. The number of anilines is 1. The number of carbonyl (C=O) groups is 2. The fourth-order valence-corrected chi connectivity index (χ4v) is 3.46. The highest BCUT2D eigenvalue weighted by Gasteiger charge is 2.19. The van der Waals surface area contributed by atoms with E-state index in [2.05, 4.69) is 20.4 Å². The highest BCUT2D eigenvalue weighted by molar-refractivity contribution is 6.33. The molecule has 0 fully saturated rings. The molecule has 0 unspecified atom stereocenters. The number of hydrogen-bond donors (Lipinski definition) is 1. The first-order valence-electron chi connectivity index (χ1n) is 9.75. The molecule has 31 heavy (non-hydrogen) atoms. The van der Waals surface area contributed by atoms with Crippen LogP contribution in [0.1, 0.15) is 38.7 Å². The van der Waals surface area contributed by atoms with Crippen LogP contribution in [0.5, 0.6) is 0 Å². The standard InChI is InChI=1S/C22H25ClN6O2/c1-12-9-13(2)25-22(24-12)29-15(4)17(14(3)27-29)11-20(30)26-19-10-16(7-8-18(19)23)21(31)28(5)6/h7-10H,11H2,1-6H3,(H,26,30). The van der Waals surface area contributed by atoms with Crippen LogP contribution in [0.3, 0.4) is 0 Å². The van der Waals surface area contributed by atoms with Crippen LogP contribution in [0.15, 0.2) is 24.3 Å². The van der Waals surface area contributed by atoms with Gasteiger partial charge in [0.15, 0.2) is 0 Å². The third-order valence-electron chi connectivity index (χ3n) is 4.83. The highest BCUT2D eigenvalue weighted by atomic mass is 35.5. The fourth-order valence-electron chi connectivity index (χ4n) is 3.29. The summed E-state index contributed by atoms with van der Waals surface area (Å²) in [6, 6.07) is 6.69. The molecule has 9 heteroatoms. The van der Waals surface area contributed by atoms with Crippen molar-refractivity contribution in [1.82, 2.24) is 24.6 Å². The summed E-state index contributed by atoms with van der Waals surface area (Å²) in [6.07, 6.45) is 0.102. The molecule has 0 radical (unpaired) electrons. The number of aryl methyl sites for hydroxylation is 3. The summed E-state index contributed by atoms with van der Waals surface area (Å²) in [7, 11) is 3.33. The Morgan fingerprint density at radius 1 is 1.06 bits per heavy atom. The zero-order valence-electron chi connectivity index (χ0n) is 18.4. The molecule has 162 valence electrons. The number of halogens is 1.